The third kappa shape index (κ3) is 5.82. The second kappa shape index (κ2) is 9.47. The Kier molecular flexibility index (Phi) is 6.95. The minimum absolute atomic E-state index is 0.0151. The Morgan fingerprint density at radius 3 is 2.42 bits per heavy atom. The minimum atomic E-state index is -3.56. The van der Waals surface area contributed by atoms with Gasteiger partial charge in [0.2, 0.25) is 10.0 Å². The predicted octanol–water partition coefficient (Wildman–Crippen LogP) is 3.01. The first-order valence-corrected chi connectivity index (χ1v) is 10.7. The van der Waals surface area contributed by atoms with E-state index < -0.39 is 39.9 Å². The van der Waals surface area contributed by atoms with Crippen LogP contribution in [0.25, 0.3) is 11.5 Å². The Bertz CT molecular complexity index is 1140. The smallest absolute Gasteiger partial charge is 0.314 e. The summed E-state index contributed by atoms with van der Waals surface area (Å²) in [4.78, 5) is 8.17. The van der Waals surface area contributed by atoms with Gasteiger partial charge >= 0.3 is 6.43 Å². The number of alkyl halides is 2. The van der Waals surface area contributed by atoms with Crippen LogP contribution in [0.15, 0.2) is 35.0 Å². The van der Waals surface area contributed by atoms with Crippen molar-refractivity contribution in [1.82, 2.24) is 24.9 Å². The van der Waals surface area contributed by atoms with Gasteiger partial charge in [0, 0.05) is 37.3 Å². The van der Waals surface area contributed by atoms with E-state index in [1.54, 1.807) is 0 Å². The maximum absolute atomic E-state index is 14.3. The number of hydrogen-bond acceptors (Lipinski definition) is 7. The SMILES string of the molecule is CCS(=O)(=O)NCC(Cc1ncc(-c2nnc(C(F)F)o2)cn1)c1ccc(F)cc1F. The second-order valence-corrected chi connectivity index (χ2v) is 8.55. The highest BCUT2D eigenvalue weighted by Gasteiger charge is 2.22. The molecule has 13 heteroatoms. The molecule has 0 fully saturated rings. The number of benzene rings is 1. The van der Waals surface area contributed by atoms with E-state index in [0.29, 0.717) is 6.07 Å². The molecule has 0 spiro atoms. The summed E-state index contributed by atoms with van der Waals surface area (Å²) in [6.07, 6.45) is -0.375. The van der Waals surface area contributed by atoms with Crippen LogP contribution < -0.4 is 4.72 Å². The largest absolute Gasteiger partial charge is 0.415 e. The van der Waals surface area contributed by atoms with E-state index >= 15 is 0 Å². The zero-order valence-corrected chi connectivity index (χ0v) is 16.9. The number of aromatic nitrogens is 4. The minimum Gasteiger partial charge on any atom is -0.415 e. The van der Waals surface area contributed by atoms with E-state index in [2.05, 4.69) is 24.9 Å². The lowest BCUT2D eigenvalue weighted by Gasteiger charge is -2.18. The van der Waals surface area contributed by atoms with E-state index in [0.717, 1.165) is 6.07 Å². The highest BCUT2D eigenvalue weighted by Crippen LogP contribution is 2.25. The predicted molar refractivity (Wildman–Crippen MR) is 101 cm³/mol. The number of halogens is 4. The van der Waals surface area contributed by atoms with Crippen molar-refractivity contribution in [2.75, 3.05) is 12.3 Å². The van der Waals surface area contributed by atoms with Crippen LogP contribution in [0.2, 0.25) is 0 Å². The van der Waals surface area contributed by atoms with Crippen molar-refractivity contribution in [3.63, 3.8) is 0 Å². The highest BCUT2D eigenvalue weighted by atomic mass is 32.2. The summed E-state index contributed by atoms with van der Waals surface area (Å²) in [7, 11) is -3.56. The molecule has 0 aliphatic heterocycles. The van der Waals surface area contributed by atoms with Crippen molar-refractivity contribution < 1.29 is 30.4 Å². The molecule has 0 saturated carbocycles. The van der Waals surface area contributed by atoms with Gasteiger partial charge in [-0.05, 0) is 18.6 Å². The summed E-state index contributed by atoms with van der Waals surface area (Å²) < 4.78 is 83.5. The topological polar surface area (TPSA) is 111 Å². The summed E-state index contributed by atoms with van der Waals surface area (Å²) >= 11 is 0. The monoisotopic (exact) mass is 459 g/mol. The zero-order valence-electron chi connectivity index (χ0n) is 16.1. The van der Waals surface area contributed by atoms with Crippen LogP contribution in [0.5, 0.6) is 0 Å². The van der Waals surface area contributed by atoms with Crippen molar-refractivity contribution in [3.8, 4) is 11.5 Å². The third-order valence-electron chi connectivity index (χ3n) is 4.34. The first-order chi connectivity index (χ1) is 14.7. The van der Waals surface area contributed by atoms with Crippen LogP contribution in [-0.2, 0) is 16.4 Å². The van der Waals surface area contributed by atoms with Crippen LogP contribution in [0.3, 0.4) is 0 Å². The molecule has 1 aromatic carbocycles. The molecule has 2 aromatic heterocycles. The van der Waals surface area contributed by atoms with Crippen molar-refractivity contribution in [2.24, 2.45) is 0 Å². The zero-order chi connectivity index (χ0) is 22.6. The molecule has 3 aromatic rings. The number of hydrogen-bond donors (Lipinski definition) is 1. The number of sulfonamides is 1. The van der Waals surface area contributed by atoms with Crippen molar-refractivity contribution in [3.05, 3.63) is 59.5 Å². The molecule has 0 radical (unpaired) electrons. The van der Waals surface area contributed by atoms with E-state index in [1.165, 1.54) is 25.4 Å². The number of nitrogens with zero attached hydrogens (tertiary/aromatic N) is 4. The Labute approximate surface area is 174 Å². The van der Waals surface area contributed by atoms with Gasteiger partial charge in [-0.3, -0.25) is 0 Å². The number of nitrogens with one attached hydrogen (secondary N) is 1. The van der Waals surface area contributed by atoms with Crippen LogP contribution in [0.1, 0.15) is 36.5 Å². The van der Waals surface area contributed by atoms with Gasteiger partial charge in [0.25, 0.3) is 11.8 Å². The molecule has 0 aliphatic rings. The Morgan fingerprint density at radius 1 is 1.13 bits per heavy atom. The molecule has 31 heavy (non-hydrogen) atoms. The maximum Gasteiger partial charge on any atom is 0.314 e. The lowest BCUT2D eigenvalue weighted by molar-refractivity contribution is 0.116. The van der Waals surface area contributed by atoms with Gasteiger partial charge in [-0.2, -0.15) is 8.78 Å². The quantitative estimate of drug-likeness (QED) is 0.490. The molecule has 166 valence electrons. The Hall–Kier alpha value is -2.93. The fourth-order valence-corrected chi connectivity index (χ4v) is 3.34. The van der Waals surface area contributed by atoms with Crippen molar-refractivity contribution in [2.45, 2.75) is 25.7 Å². The summed E-state index contributed by atoms with van der Waals surface area (Å²) in [6.45, 7) is 1.29. The van der Waals surface area contributed by atoms with E-state index in [-0.39, 0.29) is 41.6 Å². The molecule has 0 aliphatic carbocycles. The summed E-state index contributed by atoms with van der Waals surface area (Å²) in [6, 6.07) is 3.00. The van der Waals surface area contributed by atoms with Gasteiger partial charge < -0.3 is 4.42 Å². The van der Waals surface area contributed by atoms with Crippen LogP contribution in [-0.4, -0.2) is 40.9 Å². The number of rotatable bonds is 9. The molecular weight excluding hydrogens is 442 g/mol. The van der Waals surface area contributed by atoms with Crippen molar-refractivity contribution in [1.29, 1.82) is 0 Å². The first kappa shape index (κ1) is 22.7. The molecule has 1 N–H and O–H groups in total. The molecule has 0 amide bonds. The molecule has 1 atom stereocenters. The average Bonchev–Trinajstić information content (AvgIpc) is 3.23. The fourth-order valence-electron chi connectivity index (χ4n) is 2.68. The summed E-state index contributed by atoms with van der Waals surface area (Å²) in [5.74, 6) is -3.32. The van der Waals surface area contributed by atoms with Gasteiger partial charge in [-0.15, -0.1) is 10.2 Å². The molecule has 3 rings (SSSR count). The van der Waals surface area contributed by atoms with Crippen LogP contribution in [0, 0.1) is 11.6 Å². The maximum atomic E-state index is 14.3. The van der Waals surface area contributed by atoms with Gasteiger partial charge in [0.05, 0.1) is 11.3 Å². The molecular formula is C18H17F4N5O3S. The standard InChI is InChI=1S/C18H17F4N5O3S/c1-2-31(28,29)25-9-10(13-4-3-12(19)6-14(13)20)5-15-23-7-11(8-24-15)17-26-27-18(30-17)16(21)22/h3-4,6-8,10,16,25H,2,5,9H2,1H3. The lowest BCUT2D eigenvalue weighted by Crippen LogP contribution is -2.31. The molecule has 8 nitrogen and oxygen atoms in total. The third-order valence-corrected chi connectivity index (χ3v) is 5.71. The highest BCUT2D eigenvalue weighted by molar-refractivity contribution is 7.89. The second-order valence-electron chi connectivity index (χ2n) is 6.45. The molecule has 2 heterocycles. The average molecular weight is 459 g/mol. The van der Waals surface area contributed by atoms with Gasteiger partial charge in [0.15, 0.2) is 0 Å². The fraction of sp³-hybridized carbons (Fsp3) is 0.333. The van der Waals surface area contributed by atoms with Gasteiger partial charge in [-0.1, -0.05) is 6.07 Å². The van der Waals surface area contributed by atoms with Crippen LogP contribution in [0.4, 0.5) is 17.6 Å². The summed E-state index contributed by atoms with van der Waals surface area (Å²) in [5.41, 5.74) is 0.283. The normalized spacial score (nSPS) is 13.0. The van der Waals surface area contributed by atoms with E-state index in [9.17, 15) is 26.0 Å². The lowest BCUT2D eigenvalue weighted by atomic mass is 9.95. The summed E-state index contributed by atoms with van der Waals surface area (Å²) in [5, 5.41) is 6.71. The van der Waals surface area contributed by atoms with Crippen molar-refractivity contribution >= 4 is 10.0 Å². The van der Waals surface area contributed by atoms with Gasteiger partial charge in [0.1, 0.15) is 17.5 Å². The Morgan fingerprint density at radius 2 is 1.84 bits per heavy atom. The van der Waals surface area contributed by atoms with Gasteiger partial charge in [-0.25, -0.2) is 31.9 Å². The molecule has 1 unspecified atom stereocenters. The van der Waals surface area contributed by atoms with E-state index in [4.69, 9.17) is 4.42 Å². The van der Waals surface area contributed by atoms with E-state index in [1.807, 2.05) is 0 Å². The molecule has 0 bridgehead atoms. The Balaban J connectivity index is 1.82. The first-order valence-electron chi connectivity index (χ1n) is 9.03. The molecule has 0 saturated heterocycles. The van der Waals surface area contributed by atoms with Crippen LogP contribution >= 0.6 is 0 Å².